The van der Waals surface area contributed by atoms with Gasteiger partial charge in [-0.2, -0.15) is 0 Å². The van der Waals surface area contributed by atoms with Crippen molar-refractivity contribution < 1.29 is 4.74 Å². The Bertz CT molecular complexity index is 400. The number of para-hydroxylation sites is 1. The highest BCUT2D eigenvalue weighted by molar-refractivity contribution is 5.42. The van der Waals surface area contributed by atoms with Gasteiger partial charge in [0.05, 0.1) is 6.04 Å². The Kier molecular flexibility index (Phi) is 3.96. The highest BCUT2D eigenvalue weighted by atomic mass is 16.5. The van der Waals surface area contributed by atoms with Crippen LogP contribution in [0.3, 0.4) is 0 Å². The van der Waals surface area contributed by atoms with E-state index in [4.69, 9.17) is 4.74 Å². The minimum absolute atomic E-state index is 0.162. The van der Waals surface area contributed by atoms with Gasteiger partial charge in [-0.15, -0.1) is 0 Å². The van der Waals surface area contributed by atoms with Crippen LogP contribution in [0.2, 0.25) is 0 Å². The first-order chi connectivity index (χ1) is 8.58. The van der Waals surface area contributed by atoms with Crippen molar-refractivity contribution >= 4 is 0 Å². The normalized spacial score (nSPS) is 22.3. The van der Waals surface area contributed by atoms with Gasteiger partial charge >= 0.3 is 0 Å². The van der Waals surface area contributed by atoms with E-state index in [-0.39, 0.29) is 5.60 Å². The van der Waals surface area contributed by atoms with Gasteiger partial charge in [-0.3, -0.25) is 0 Å². The Labute approximate surface area is 111 Å². The number of hydrogen-bond acceptors (Lipinski definition) is 2. The Balaban J connectivity index is 2.20. The van der Waals surface area contributed by atoms with Gasteiger partial charge in [0.1, 0.15) is 11.4 Å². The van der Waals surface area contributed by atoms with Crippen molar-refractivity contribution in [2.75, 3.05) is 0 Å². The molecule has 0 radical (unpaired) electrons. The van der Waals surface area contributed by atoms with Crippen LogP contribution in [0, 0.1) is 0 Å². The summed E-state index contributed by atoms with van der Waals surface area (Å²) in [6, 6.07) is 9.26. The van der Waals surface area contributed by atoms with Gasteiger partial charge in [-0.25, -0.2) is 0 Å². The van der Waals surface area contributed by atoms with Crippen LogP contribution in [-0.4, -0.2) is 11.6 Å². The van der Waals surface area contributed by atoms with E-state index in [0.717, 1.165) is 5.75 Å². The summed E-state index contributed by atoms with van der Waals surface area (Å²) in [4.78, 5) is 0. The molecule has 1 N–H and O–H groups in total. The molecule has 0 bridgehead atoms. The minimum atomic E-state index is -0.162. The van der Waals surface area contributed by atoms with E-state index < -0.39 is 0 Å². The Morgan fingerprint density at radius 2 is 2.00 bits per heavy atom. The van der Waals surface area contributed by atoms with E-state index >= 15 is 0 Å². The molecule has 1 aliphatic rings. The highest BCUT2D eigenvalue weighted by Crippen LogP contribution is 2.43. The van der Waals surface area contributed by atoms with Crippen molar-refractivity contribution in [1.29, 1.82) is 0 Å². The van der Waals surface area contributed by atoms with Crippen LogP contribution in [0.4, 0.5) is 0 Å². The zero-order chi connectivity index (χ0) is 13.2. The third kappa shape index (κ3) is 2.54. The van der Waals surface area contributed by atoms with Gasteiger partial charge < -0.3 is 10.1 Å². The lowest BCUT2D eigenvalue weighted by Crippen LogP contribution is -2.43. The lowest BCUT2D eigenvalue weighted by molar-refractivity contribution is 0.0898. The fourth-order valence-electron chi connectivity index (χ4n) is 2.81. The molecule has 2 rings (SSSR count). The summed E-state index contributed by atoms with van der Waals surface area (Å²) in [6.07, 6.45) is 3.62. The average Bonchev–Trinajstić information content (AvgIpc) is 2.59. The maximum Gasteiger partial charge on any atom is 0.125 e. The summed E-state index contributed by atoms with van der Waals surface area (Å²) in [6.45, 7) is 8.84. The monoisotopic (exact) mass is 247 g/mol. The molecule has 2 nitrogen and oxygen atoms in total. The molecule has 1 aromatic carbocycles. The van der Waals surface area contributed by atoms with Gasteiger partial charge in [0.2, 0.25) is 0 Å². The van der Waals surface area contributed by atoms with Crippen LogP contribution in [-0.2, 0) is 0 Å². The van der Waals surface area contributed by atoms with Crippen molar-refractivity contribution in [3.05, 3.63) is 29.8 Å². The van der Waals surface area contributed by atoms with Gasteiger partial charge in [-0.1, -0.05) is 38.5 Å². The molecule has 0 spiro atoms. The van der Waals surface area contributed by atoms with Gasteiger partial charge in [0, 0.05) is 11.6 Å². The van der Waals surface area contributed by atoms with Crippen molar-refractivity contribution in [1.82, 2.24) is 5.32 Å². The Hall–Kier alpha value is -1.02. The minimum Gasteiger partial charge on any atom is -0.486 e. The lowest BCUT2D eigenvalue weighted by atomic mass is 9.93. The number of rotatable bonds is 5. The molecular weight excluding hydrogens is 222 g/mol. The number of nitrogens with one attached hydrogen (secondary N) is 1. The second-order valence-corrected chi connectivity index (χ2v) is 5.74. The van der Waals surface area contributed by atoms with Crippen molar-refractivity contribution in [2.24, 2.45) is 0 Å². The zero-order valence-corrected chi connectivity index (χ0v) is 12.0. The van der Waals surface area contributed by atoms with E-state index in [0.29, 0.717) is 12.1 Å². The maximum atomic E-state index is 6.07. The Morgan fingerprint density at radius 3 is 2.67 bits per heavy atom. The summed E-state index contributed by atoms with van der Waals surface area (Å²) in [5.41, 5.74) is 1.14. The summed E-state index contributed by atoms with van der Waals surface area (Å²) in [7, 11) is 0. The predicted molar refractivity (Wildman–Crippen MR) is 76.0 cm³/mol. The second kappa shape index (κ2) is 5.31. The number of ether oxygens (including phenoxy) is 1. The summed E-state index contributed by atoms with van der Waals surface area (Å²) >= 11 is 0. The van der Waals surface area contributed by atoms with Crippen LogP contribution >= 0.6 is 0 Å². The predicted octanol–water partition coefficient (Wildman–Crippen LogP) is 4.07. The molecule has 0 saturated carbocycles. The van der Waals surface area contributed by atoms with E-state index in [2.05, 4.69) is 51.2 Å². The molecule has 2 heteroatoms. The van der Waals surface area contributed by atoms with Crippen LogP contribution < -0.4 is 10.1 Å². The average molecular weight is 247 g/mol. The molecule has 100 valence electrons. The molecule has 0 amide bonds. The van der Waals surface area contributed by atoms with Crippen LogP contribution in [0.15, 0.2) is 24.3 Å². The molecule has 1 heterocycles. The fourth-order valence-corrected chi connectivity index (χ4v) is 2.81. The van der Waals surface area contributed by atoms with Crippen molar-refractivity contribution in [3.63, 3.8) is 0 Å². The third-order valence-corrected chi connectivity index (χ3v) is 3.83. The first kappa shape index (κ1) is 13.4. The molecule has 0 saturated heterocycles. The van der Waals surface area contributed by atoms with Crippen LogP contribution in [0.1, 0.15) is 58.6 Å². The van der Waals surface area contributed by atoms with E-state index in [1.807, 2.05) is 6.07 Å². The molecule has 1 aromatic rings. The summed E-state index contributed by atoms with van der Waals surface area (Å²) in [5, 5.41) is 3.79. The number of benzene rings is 1. The number of fused-ring (bicyclic) bond motifs is 1. The summed E-state index contributed by atoms with van der Waals surface area (Å²) < 4.78 is 6.07. The highest BCUT2D eigenvalue weighted by Gasteiger charge is 2.41. The largest absolute Gasteiger partial charge is 0.486 e. The molecule has 1 aliphatic heterocycles. The molecule has 0 aromatic heterocycles. The molecule has 0 aliphatic carbocycles. The van der Waals surface area contributed by atoms with Gasteiger partial charge in [0.15, 0.2) is 0 Å². The lowest BCUT2D eigenvalue weighted by Gasteiger charge is -2.31. The van der Waals surface area contributed by atoms with Crippen molar-refractivity contribution in [2.45, 2.75) is 64.6 Å². The van der Waals surface area contributed by atoms with Crippen LogP contribution in [0.25, 0.3) is 0 Å². The SMILES string of the molecule is CCCC(CC)NC1c2ccccc2OC1(C)C. The van der Waals surface area contributed by atoms with E-state index in [9.17, 15) is 0 Å². The zero-order valence-electron chi connectivity index (χ0n) is 12.0. The molecular formula is C16H25NO. The molecule has 18 heavy (non-hydrogen) atoms. The van der Waals surface area contributed by atoms with Gasteiger partial charge in [0.25, 0.3) is 0 Å². The second-order valence-electron chi connectivity index (χ2n) is 5.74. The van der Waals surface area contributed by atoms with Crippen LogP contribution in [0.5, 0.6) is 5.75 Å². The summed E-state index contributed by atoms with van der Waals surface area (Å²) in [5.74, 6) is 1.03. The maximum absolute atomic E-state index is 6.07. The fraction of sp³-hybridized carbons (Fsp3) is 0.625. The van der Waals surface area contributed by atoms with Crippen molar-refractivity contribution in [3.8, 4) is 5.75 Å². The molecule has 0 fully saturated rings. The quantitative estimate of drug-likeness (QED) is 0.847. The third-order valence-electron chi connectivity index (χ3n) is 3.83. The smallest absolute Gasteiger partial charge is 0.125 e. The Morgan fingerprint density at radius 1 is 1.28 bits per heavy atom. The first-order valence-electron chi connectivity index (χ1n) is 7.12. The van der Waals surface area contributed by atoms with Gasteiger partial charge in [-0.05, 0) is 32.8 Å². The number of hydrogen-bond donors (Lipinski definition) is 1. The van der Waals surface area contributed by atoms with E-state index in [1.165, 1.54) is 24.8 Å². The van der Waals surface area contributed by atoms with E-state index in [1.54, 1.807) is 0 Å². The molecule has 2 atom stereocenters. The standard InChI is InChI=1S/C16H25NO/c1-5-9-12(6-2)17-15-13-10-7-8-11-14(13)18-16(15,3)4/h7-8,10-12,15,17H,5-6,9H2,1-4H3. The first-order valence-corrected chi connectivity index (χ1v) is 7.12. The topological polar surface area (TPSA) is 21.3 Å². The molecule has 2 unspecified atom stereocenters.